The summed E-state index contributed by atoms with van der Waals surface area (Å²) >= 11 is 0. The van der Waals surface area contributed by atoms with E-state index in [0.29, 0.717) is 0 Å². The van der Waals surface area contributed by atoms with Gasteiger partial charge in [-0.15, -0.1) is 0 Å². The van der Waals surface area contributed by atoms with E-state index >= 15 is 0 Å². The van der Waals surface area contributed by atoms with Crippen LogP contribution >= 0.6 is 0 Å². The Balaban J connectivity index is 2.13. The summed E-state index contributed by atoms with van der Waals surface area (Å²) in [5, 5.41) is 14.2. The van der Waals surface area contributed by atoms with E-state index in [0.717, 1.165) is 6.21 Å². The van der Waals surface area contributed by atoms with E-state index in [9.17, 15) is 27.7 Å². The molecule has 6 nitrogen and oxygen atoms in total. The number of hydrogen-bond donors (Lipinski definition) is 1. The number of pyridine rings is 1. The van der Waals surface area contributed by atoms with Crippen LogP contribution in [-0.2, 0) is 0 Å². The molecule has 124 valence electrons. The van der Waals surface area contributed by atoms with Crippen LogP contribution in [0.25, 0.3) is 6.08 Å². The standard InChI is InChI=1S/C14H8F4N4O2/c15-10-12(11(16)14(18)20-13(10)17)21-19-7-3-5-8-4-1-2-6-9(8)22(23)24/h1-7H,(H,20,21)/b5-3+,19-7-. The number of nitro groups is 1. The number of nitro benzene ring substituents is 1. The van der Waals surface area contributed by atoms with Crippen LogP contribution in [0.2, 0.25) is 0 Å². The molecule has 0 atom stereocenters. The number of anilines is 1. The van der Waals surface area contributed by atoms with Gasteiger partial charge in [0.15, 0.2) is 0 Å². The van der Waals surface area contributed by atoms with Gasteiger partial charge in [0.05, 0.1) is 10.5 Å². The third-order valence-electron chi connectivity index (χ3n) is 2.74. The molecule has 0 aliphatic carbocycles. The second-order valence-electron chi connectivity index (χ2n) is 4.26. The van der Waals surface area contributed by atoms with Crippen molar-refractivity contribution in [3.63, 3.8) is 0 Å². The number of aromatic nitrogens is 1. The molecule has 1 heterocycles. The van der Waals surface area contributed by atoms with Gasteiger partial charge in [-0.1, -0.05) is 12.1 Å². The normalized spacial score (nSPS) is 11.3. The van der Waals surface area contributed by atoms with Crippen LogP contribution in [0.3, 0.4) is 0 Å². The maximum atomic E-state index is 13.3. The minimum Gasteiger partial charge on any atom is -0.272 e. The van der Waals surface area contributed by atoms with Crippen molar-refractivity contribution in [3.05, 3.63) is 69.5 Å². The van der Waals surface area contributed by atoms with Crippen LogP contribution < -0.4 is 5.43 Å². The first kappa shape index (κ1) is 17.1. The summed E-state index contributed by atoms with van der Waals surface area (Å²) in [4.78, 5) is 12.6. The quantitative estimate of drug-likeness (QED) is 0.296. The Morgan fingerprint density at radius 3 is 2.38 bits per heavy atom. The zero-order chi connectivity index (χ0) is 17.7. The largest absolute Gasteiger partial charge is 0.276 e. The van der Waals surface area contributed by atoms with Crippen molar-refractivity contribution in [1.82, 2.24) is 4.98 Å². The maximum Gasteiger partial charge on any atom is 0.276 e. The SMILES string of the molecule is O=[N+]([O-])c1ccccc1/C=C/C=N\Nc1c(F)c(F)nc(F)c1F. The molecule has 2 rings (SSSR count). The summed E-state index contributed by atoms with van der Waals surface area (Å²) in [6.07, 6.45) is 3.55. The molecule has 0 saturated carbocycles. The van der Waals surface area contributed by atoms with Gasteiger partial charge in [-0.3, -0.25) is 15.5 Å². The van der Waals surface area contributed by atoms with E-state index in [1.807, 2.05) is 0 Å². The molecule has 1 N–H and O–H groups in total. The molecule has 0 radical (unpaired) electrons. The fraction of sp³-hybridized carbons (Fsp3) is 0. The van der Waals surface area contributed by atoms with E-state index < -0.39 is 34.1 Å². The van der Waals surface area contributed by atoms with Gasteiger partial charge in [-0.25, -0.2) is 0 Å². The summed E-state index contributed by atoms with van der Waals surface area (Å²) in [7, 11) is 0. The maximum absolute atomic E-state index is 13.3. The minimum absolute atomic E-state index is 0.148. The van der Waals surface area contributed by atoms with Crippen molar-refractivity contribution in [3.8, 4) is 0 Å². The van der Waals surface area contributed by atoms with Gasteiger partial charge in [0, 0.05) is 12.3 Å². The topological polar surface area (TPSA) is 80.4 Å². The zero-order valence-corrected chi connectivity index (χ0v) is 11.7. The van der Waals surface area contributed by atoms with Crippen LogP contribution in [0.15, 0.2) is 35.4 Å². The van der Waals surface area contributed by atoms with E-state index in [4.69, 9.17) is 0 Å². The highest BCUT2D eigenvalue weighted by Crippen LogP contribution is 2.22. The Kier molecular flexibility index (Phi) is 5.20. The molecule has 10 heteroatoms. The Hall–Kier alpha value is -3.30. The molecule has 2 aromatic rings. The molecule has 0 aliphatic heterocycles. The van der Waals surface area contributed by atoms with Crippen molar-refractivity contribution < 1.29 is 22.5 Å². The van der Waals surface area contributed by atoms with Crippen molar-refractivity contribution in [2.75, 3.05) is 5.43 Å². The highest BCUT2D eigenvalue weighted by atomic mass is 19.2. The molecule has 0 bridgehead atoms. The van der Waals surface area contributed by atoms with Gasteiger partial charge >= 0.3 is 0 Å². The number of rotatable bonds is 5. The first-order valence-electron chi connectivity index (χ1n) is 6.31. The molecule has 24 heavy (non-hydrogen) atoms. The molecule has 0 amide bonds. The highest BCUT2D eigenvalue weighted by molar-refractivity contribution is 5.80. The van der Waals surface area contributed by atoms with E-state index in [2.05, 4.69) is 10.1 Å². The average molecular weight is 340 g/mol. The molecule has 0 saturated heterocycles. The number of nitrogens with zero attached hydrogens (tertiary/aromatic N) is 3. The predicted molar refractivity (Wildman–Crippen MR) is 78.3 cm³/mol. The van der Waals surface area contributed by atoms with E-state index in [1.165, 1.54) is 30.4 Å². The number of hydrazone groups is 1. The first-order valence-corrected chi connectivity index (χ1v) is 6.31. The van der Waals surface area contributed by atoms with Crippen LogP contribution in [0.1, 0.15) is 5.56 Å². The Morgan fingerprint density at radius 1 is 1.12 bits per heavy atom. The second kappa shape index (κ2) is 7.31. The van der Waals surface area contributed by atoms with Gasteiger partial charge in [-0.2, -0.15) is 27.6 Å². The summed E-state index contributed by atoms with van der Waals surface area (Å²) < 4.78 is 52.3. The van der Waals surface area contributed by atoms with Gasteiger partial charge in [0.2, 0.25) is 11.6 Å². The van der Waals surface area contributed by atoms with Crippen LogP contribution in [-0.4, -0.2) is 16.1 Å². The Morgan fingerprint density at radius 2 is 1.75 bits per heavy atom. The molecular formula is C14H8F4N4O2. The summed E-state index contributed by atoms with van der Waals surface area (Å²) in [5.41, 5.74) is 0.781. The van der Waals surface area contributed by atoms with Crippen molar-refractivity contribution in [2.24, 2.45) is 5.10 Å². The monoisotopic (exact) mass is 340 g/mol. The van der Waals surface area contributed by atoms with Crippen LogP contribution in [0.4, 0.5) is 28.9 Å². The lowest BCUT2D eigenvalue weighted by Gasteiger charge is -2.04. The summed E-state index contributed by atoms with van der Waals surface area (Å²) in [5.74, 6) is -7.09. The molecule has 0 spiro atoms. The first-order chi connectivity index (χ1) is 11.4. The van der Waals surface area contributed by atoms with Gasteiger partial charge in [-0.05, 0) is 18.2 Å². The average Bonchev–Trinajstić information content (AvgIpc) is 2.55. The Labute approximate surface area is 132 Å². The lowest BCUT2D eigenvalue weighted by Crippen LogP contribution is -2.05. The molecule has 1 aromatic heterocycles. The number of hydrogen-bond acceptors (Lipinski definition) is 5. The molecule has 1 aromatic carbocycles. The molecule has 0 fully saturated rings. The minimum atomic E-state index is -1.82. The third kappa shape index (κ3) is 3.72. The fourth-order valence-corrected chi connectivity index (χ4v) is 1.67. The number of allylic oxidation sites excluding steroid dienone is 1. The smallest absolute Gasteiger partial charge is 0.272 e. The fourth-order valence-electron chi connectivity index (χ4n) is 1.67. The van der Waals surface area contributed by atoms with Crippen LogP contribution in [0, 0.1) is 33.6 Å². The third-order valence-corrected chi connectivity index (χ3v) is 2.74. The lowest BCUT2D eigenvalue weighted by molar-refractivity contribution is -0.385. The predicted octanol–water partition coefficient (Wildman–Crippen LogP) is 3.66. The number of para-hydroxylation sites is 1. The summed E-state index contributed by atoms with van der Waals surface area (Å²) in [6, 6.07) is 5.84. The van der Waals surface area contributed by atoms with Gasteiger partial charge in [0.1, 0.15) is 5.69 Å². The zero-order valence-electron chi connectivity index (χ0n) is 11.7. The number of halogens is 4. The molecular weight excluding hydrogens is 332 g/mol. The van der Waals surface area contributed by atoms with Crippen molar-refractivity contribution in [2.45, 2.75) is 0 Å². The van der Waals surface area contributed by atoms with E-state index in [1.54, 1.807) is 11.5 Å². The lowest BCUT2D eigenvalue weighted by atomic mass is 10.2. The second-order valence-corrected chi connectivity index (χ2v) is 4.26. The number of benzene rings is 1. The van der Waals surface area contributed by atoms with Crippen LogP contribution in [0.5, 0.6) is 0 Å². The molecule has 0 aliphatic rings. The van der Waals surface area contributed by atoms with Gasteiger partial charge in [0.25, 0.3) is 17.6 Å². The van der Waals surface area contributed by atoms with Crippen molar-refractivity contribution >= 4 is 23.7 Å². The van der Waals surface area contributed by atoms with Gasteiger partial charge < -0.3 is 0 Å². The van der Waals surface area contributed by atoms with E-state index in [-0.39, 0.29) is 11.3 Å². The summed E-state index contributed by atoms with van der Waals surface area (Å²) in [6.45, 7) is 0. The van der Waals surface area contributed by atoms with Crippen molar-refractivity contribution in [1.29, 1.82) is 0 Å². The number of nitrogens with one attached hydrogen (secondary N) is 1. The molecule has 0 unspecified atom stereocenters. The highest BCUT2D eigenvalue weighted by Gasteiger charge is 2.20. The Bertz CT molecular complexity index is 814.